The van der Waals surface area contributed by atoms with Crippen LogP contribution in [0.1, 0.15) is 24.5 Å². The van der Waals surface area contributed by atoms with Gasteiger partial charge in [-0.15, -0.1) is 0 Å². The lowest BCUT2D eigenvalue weighted by Crippen LogP contribution is -2.24. The van der Waals surface area contributed by atoms with Gasteiger partial charge in [0.2, 0.25) is 0 Å². The molecule has 2 aromatic carbocycles. The van der Waals surface area contributed by atoms with Crippen molar-refractivity contribution < 1.29 is 19.1 Å². The van der Waals surface area contributed by atoms with Crippen LogP contribution < -0.4 is 5.32 Å². The maximum atomic E-state index is 12.4. The zero-order chi connectivity index (χ0) is 21.6. The SMILES string of the molecule is CCOCC(=O)OCC(=O)Nc1cc(-c2ccc3c(c2)CCC3)nn1-c1ccccc1. The van der Waals surface area contributed by atoms with E-state index >= 15 is 0 Å². The Balaban J connectivity index is 1.56. The van der Waals surface area contributed by atoms with Crippen LogP contribution in [-0.4, -0.2) is 41.5 Å². The lowest BCUT2D eigenvalue weighted by molar-refractivity contribution is -0.151. The summed E-state index contributed by atoms with van der Waals surface area (Å²) in [5, 5.41) is 7.55. The summed E-state index contributed by atoms with van der Waals surface area (Å²) in [5.74, 6) is -0.512. The average molecular weight is 419 g/mol. The third-order valence-electron chi connectivity index (χ3n) is 5.16. The molecule has 0 fully saturated rings. The predicted molar refractivity (Wildman–Crippen MR) is 117 cm³/mol. The Morgan fingerprint density at radius 3 is 2.65 bits per heavy atom. The molecule has 3 aromatic rings. The molecule has 0 bridgehead atoms. The minimum Gasteiger partial charge on any atom is -0.454 e. The number of amides is 1. The number of carbonyl (C=O) groups is 2. The molecule has 0 atom stereocenters. The zero-order valence-corrected chi connectivity index (χ0v) is 17.5. The molecule has 31 heavy (non-hydrogen) atoms. The van der Waals surface area contributed by atoms with Gasteiger partial charge in [0.25, 0.3) is 5.91 Å². The van der Waals surface area contributed by atoms with Gasteiger partial charge in [-0.1, -0.05) is 30.3 Å². The fraction of sp³-hybridized carbons (Fsp3) is 0.292. The second kappa shape index (κ2) is 9.57. The molecule has 1 heterocycles. The molecule has 7 heteroatoms. The Morgan fingerprint density at radius 2 is 1.84 bits per heavy atom. The van der Waals surface area contributed by atoms with Gasteiger partial charge in [0.05, 0.1) is 11.4 Å². The van der Waals surface area contributed by atoms with Crippen LogP contribution in [0.15, 0.2) is 54.6 Å². The van der Waals surface area contributed by atoms with Crippen molar-refractivity contribution in [2.45, 2.75) is 26.2 Å². The van der Waals surface area contributed by atoms with Crippen molar-refractivity contribution in [3.8, 4) is 16.9 Å². The molecular formula is C24H25N3O4. The number of benzene rings is 2. The van der Waals surface area contributed by atoms with Crippen LogP contribution in [-0.2, 0) is 31.9 Å². The number of fused-ring (bicyclic) bond motifs is 1. The quantitative estimate of drug-likeness (QED) is 0.565. The molecule has 1 amide bonds. The van der Waals surface area contributed by atoms with Gasteiger partial charge in [0.15, 0.2) is 6.61 Å². The topological polar surface area (TPSA) is 82.4 Å². The number of para-hydroxylation sites is 1. The normalized spacial score (nSPS) is 12.4. The molecule has 1 aromatic heterocycles. The highest BCUT2D eigenvalue weighted by Gasteiger charge is 2.17. The van der Waals surface area contributed by atoms with E-state index in [4.69, 9.17) is 14.6 Å². The van der Waals surface area contributed by atoms with E-state index in [0.29, 0.717) is 12.4 Å². The highest BCUT2D eigenvalue weighted by Crippen LogP contribution is 2.29. The first-order chi connectivity index (χ1) is 15.1. The van der Waals surface area contributed by atoms with Crippen molar-refractivity contribution in [2.75, 3.05) is 25.1 Å². The van der Waals surface area contributed by atoms with E-state index in [1.807, 2.05) is 36.4 Å². The number of nitrogens with zero attached hydrogens (tertiary/aromatic N) is 2. The smallest absolute Gasteiger partial charge is 0.332 e. The number of hydrogen-bond acceptors (Lipinski definition) is 5. The summed E-state index contributed by atoms with van der Waals surface area (Å²) in [6.07, 6.45) is 3.39. The first-order valence-electron chi connectivity index (χ1n) is 10.4. The van der Waals surface area contributed by atoms with Gasteiger partial charge < -0.3 is 14.8 Å². The molecule has 1 aliphatic carbocycles. The fourth-order valence-electron chi connectivity index (χ4n) is 3.66. The zero-order valence-electron chi connectivity index (χ0n) is 17.5. The highest BCUT2D eigenvalue weighted by molar-refractivity contribution is 5.93. The molecule has 0 radical (unpaired) electrons. The second-order valence-electron chi connectivity index (χ2n) is 7.35. The summed E-state index contributed by atoms with van der Waals surface area (Å²) in [6.45, 7) is 1.63. The van der Waals surface area contributed by atoms with Gasteiger partial charge in [-0.2, -0.15) is 5.10 Å². The van der Waals surface area contributed by atoms with Crippen LogP contribution in [0.2, 0.25) is 0 Å². The lowest BCUT2D eigenvalue weighted by Gasteiger charge is -2.09. The van der Waals surface area contributed by atoms with Gasteiger partial charge in [-0.05, 0) is 55.5 Å². The summed E-state index contributed by atoms with van der Waals surface area (Å²) in [6, 6.07) is 17.8. The first-order valence-corrected chi connectivity index (χ1v) is 10.4. The Bertz CT molecular complexity index is 1080. The first kappa shape index (κ1) is 20.8. The minimum absolute atomic E-state index is 0.172. The Labute approximate surface area is 181 Å². The van der Waals surface area contributed by atoms with Crippen LogP contribution in [0.3, 0.4) is 0 Å². The average Bonchev–Trinajstić information content (AvgIpc) is 3.43. The molecular weight excluding hydrogens is 394 g/mol. The second-order valence-corrected chi connectivity index (χ2v) is 7.35. The summed E-state index contributed by atoms with van der Waals surface area (Å²) in [4.78, 5) is 24.0. The molecule has 7 nitrogen and oxygen atoms in total. The van der Waals surface area contributed by atoms with E-state index in [1.54, 1.807) is 11.6 Å². The van der Waals surface area contributed by atoms with Gasteiger partial charge in [0, 0.05) is 18.2 Å². The molecule has 0 saturated heterocycles. The maximum Gasteiger partial charge on any atom is 0.332 e. The predicted octanol–water partition coefficient (Wildman–Crippen LogP) is 3.55. The van der Waals surface area contributed by atoms with E-state index in [9.17, 15) is 9.59 Å². The number of hydrogen-bond donors (Lipinski definition) is 1. The highest BCUT2D eigenvalue weighted by atomic mass is 16.6. The van der Waals surface area contributed by atoms with Crippen molar-refractivity contribution in [2.24, 2.45) is 0 Å². The van der Waals surface area contributed by atoms with Crippen LogP contribution >= 0.6 is 0 Å². The van der Waals surface area contributed by atoms with Crippen molar-refractivity contribution >= 4 is 17.7 Å². The summed E-state index contributed by atoms with van der Waals surface area (Å²) < 4.78 is 11.6. The van der Waals surface area contributed by atoms with E-state index in [0.717, 1.165) is 29.8 Å². The Hall–Kier alpha value is -3.45. The molecule has 0 saturated carbocycles. The largest absolute Gasteiger partial charge is 0.454 e. The number of esters is 1. The van der Waals surface area contributed by atoms with Crippen molar-refractivity contribution in [1.82, 2.24) is 9.78 Å². The Kier molecular flexibility index (Phi) is 6.43. The van der Waals surface area contributed by atoms with Gasteiger partial charge in [-0.3, -0.25) is 4.79 Å². The molecule has 0 unspecified atom stereocenters. The van der Waals surface area contributed by atoms with Crippen molar-refractivity contribution in [1.29, 1.82) is 0 Å². The van der Waals surface area contributed by atoms with Crippen LogP contribution in [0.4, 0.5) is 5.82 Å². The van der Waals surface area contributed by atoms with E-state index < -0.39 is 11.9 Å². The maximum absolute atomic E-state index is 12.4. The van der Waals surface area contributed by atoms with Gasteiger partial charge in [0.1, 0.15) is 12.4 Å². The van der Waals surface area contributed by atoms with E-state index in [-0.39, 0.29) is 13.2 Å². The number of nitrogens with one attached hydrogen (secondary N) is 1. The van der Waals surface area contributed by atoms with Crippen molar-refractivity contribution in [3.05, 3.63) is 65.7 Å². The van der Waals surface area contributed by atoms with Crippen LogP contribution in [0, 0.1) is 0 Å². The summed E-state index contributed by atoms with van der Waals surface area (Å²) in [5.41, 5.74) is 5.35. The molecule has 160 valence electrons. The van der Waals surface area contributed by atoms with E-state index in [2.05, 4.69) is 23.5 Å². The summed E-state index contributed by atoms with van der Waals surface area (Å²) in [7, 11) is 0. The van der Waals surface area contributed by atoms with Crippen LogP contribution in [0.25, 0.3) is 16.9 Å². The number of ether oxygens (including phenoxy) is 2. The third kappa shape index (κ3) is 5.00. The lowest BCUT2D eigenvalue weighted by atomic mass is 10.0. The summed E-state index contributed by atoms with van der Waals surface area (Å²) >= 11 is 0. The minimum atomic E-state index is -0.576. The number of carbonyl (C=O) groups excluding carboxylic acids is 2. The van der Waals surface area contributed by atoms with Crippen molar-refractivity contribution in [3.63, 3.8) is 0 Å². The third-order valence-corrected chi connectivity index (χ3v) is 5.16. The standard InChI is InChI=1S/C24H25N3O4/c1-2-30-16-24(29)31-15-23(28)25-22-14-21(26-27(22)20-9-4-3-5-10-20)19-12-11-17-7-6-8-18(17)13-19/h3-5,9-14H,2,6-8,15-16H2,1H3,(H,25,28). The van der Waals surface area contributed by atoms with Gasteiger partial charge in [-0.25, -0.2) is 9.48 Å². The molecule has 0 aliphatic heterocycles. The van der Waals surface area contributed by atoms with E-state index in [1.165, 1.54) is 17.5 Å². The number of aromatic nitrogens is 2. The molecule has 1 N–H and O–H groups in total. The number of anilines is 1. The molecule has 4 rings (SSSR count). The monoisotopic (exact) mass is 419 g/mol. The number of rotatable bonds is 8. The number of aryl methyl sites for hydroxylation is 2. The van der Waals surface area contributed by atoms with Gasteiger partial charge >= 0.3 is 5.97 Å². The van der Waals surface area contributed by atoms with Crippen LogP contribution in [0.5, 0.6) is 0 Å². The fourth-order valence-corrected chi connectivity index (χ4v) is 3.66. The molecule has 1 aliphatic rings. The Morgan fingerprint density at radius 1 is 1.03 bits per heavy atom. The molecule has 0 spiro atoms.